The SMILES string of the molecule is C=CC(B(O)O)(C(C)C)C(C)C. The Morgan fingerprint density at radius 1 is 1.17 bits per heavy atom. The number of hydrogen-bond donors (Lipinski definition) is 2. The molecule has 0 aliphatic rings. The second-order valence-electron chi connectivity index (χ2n) is 3.89. The molecule has 0 bridgehead atoms. The maximum absolute atomic E-state index is 9.29. The predicted octanol–water partition coefficient (Wildman–Crippen LogP) is 1.70. The summed E-state index contributed by atoms with van der Waals surface area (Å²) in [5, 5.41) is 18.0. The van der Waals surface area contributed by atoms with Gasteiger partial charge in [-0.3, -0.25) is 0 Å². The molecule has 0 atom stereocenters. The molecule has 70 valence electrons. The van der Waals surface area contributed by atoms with Gasteiger partial charge in [0.25, 0.3) is 0 Å². The standard InChI is InChI=1S/C9H19BO2/c1-6-9(7(2)3,8(4)5)10(11)12/h6-8,11-12H,1H2,2-5H3. The second kappa shape index (κ2) is 4.10. The van der Waals surface area contributed by atoms with Crippen LogP contribution in [0.5, 0.6) is 0 Å². The average molecular weight is 170 g/mol. The van der Waals surface area contributed by atoms with E-state index >= 15 is 0 Å². The van der Waals surface area contributed by atoms with Gasteiger partial charge in [0.15, 0.2) is 0 Å². The van der Waals surface area contributed by atoms with Crippen molar-refractivity contribution in [2.45, 2.75) is 33.0 Å². The normalized spacial score (nSPS) is 12.3. The molecule has 0 aliphatic heterocycles. The third-order valence-corrected chi connectivity index (χ3v) is 2.80. The molecule has 0 saturated carbocycles. The van der Waals surface area contributed by atoms with E-state index in [9.17, 15) is 10.0 Å². The molecule has 3 heteroatoms. The zero-order valence-corrected chi connectivity index (χ0v) is 8.41. The summed E-state index contributed by atoms with van der Waals surface area (Å²) in [6.45, 7) is 11.6. The van der Waals surface area contributed by atoms with Crippen molar-refractivity contribution in [2.75, 3.05) is 0 Å². The Morgan fingerprint density at radius 2 is 1.50 bits per heavy atom. The van der Waals surface area contributed by atoms with Crippen LogP contribution in [0.1, 0.15) is 27.7 Å². The lowest BCUT2D eigenvalue weighted by atomic mass is 9.47. The molecule has 2 nitrogen and oxygen atoms in total. The van der Waals surface area contributed by atoms with E-state index in [1.54, 1.807) is 6.08 Å². The van der Waals surface area contributed by atoms with Gasteiger partial charge in [-0.05, 0) is 11.8 Å². The monoisotopic (exact) mass is 170 g/mol. The molecular weight excluding hydrogens is 151 g/mol. The highest BCUT2D eigenvalue weighted by molar-refractivity contribution is 6.46. The van der Waals surface area contributed by atoms with Gasteiger partial charge in [0, 0.05) is 5.31 Å². The quantitative estimate of drug-likeness (QED) is 0.497. The zero-order valence-electron chi connectivity index (χ0n) is 8.41. The van der Waals surface area contributed by atoms with E-state index in [2.05, 4.69) is 6.58 Å². The van der Waals surface area contributed by atoms with Gasteiger partial charge in [0.2, 0.25) is 0 Å². The van der Waals surface area contributed by atoms with Crippen LogP contribution in [-0.2, 0) is 0 Å². The van der Waals surface area contributed by atoms with Crippen LogP contribution in [0.4, 0.5) is 0 Å². The van der Waals surface area contributed by atoms with Crippen molar-refractivity contribution in [1.29, 1.82) is 0 Å². The van der Waals surface area contributed by atoms with E-state index in [4.69, 9.17) is 0 Å². The fourth-order valence-corrected chi connectivity index (χ4v) is 1.84. The van der Waals surface area contributed by atoms with Crippen LogP contribution < -0.4 is 0 Å². The van der Waals surface area contributed by atoms with Crippen molar-refractivity contribution in [3.63, 3.8) is 0 Å². The molecule has 0 aliphatic carbocycles. The summed E-state index contributed by atoms with van der Waals surface area (Å²) in [5.74, 6) is 0.352. The minimum absolute atomic E-state index is 0.176. The topological polar surface area (TPSA) is 40.5 Å². The van der Waals surface area contributed by atoms with Crippen LogP contribution in [0, 0.1) is 11.8 Å². The Labute approximate surface area is 75.5 Å². The van der Waals surface area contributed by atoms with Crippen LogP contribution in [0.2, 0.25) is 5.31 Å². The van der Waals surface area contributed by atoms with Gasteiger partial charge in [-0.25, -0.2) is 0 Å². The van der Waals surface area contributed by atoms with Gasteiger partial charge in [0.1, 0.15) is 0 Å². The first kappa shape index (κ1) is 11.7. The van der Waals surface area contributed by atoms with Gasteiger partial charge in [0.05, 0.1) is 0 Å². The molecule has 12 heavy (non-hydrogen) atoms. The van der Waals surface area contributed by atoms with Crippen molar-refractivity contribution in [3.8, 4) is 0 Å². The third kappa shape index (κ3) is 1.72. The highest BCUT2D eigenvalue weighted by atomic mass is 16.4. The van der Waals surface area contributed by atoms with Crippen LogP contribution in [0.3, 0.4) is 0 Å². The number of rotatable bonds is 4. The largest absolute Gasteiger partial charge is 0.462 e. The Kier molecular flexibility index (Phi) is 4.01. The predicted molar refractivity (Wildman–Crippen MR) is 52.8 cm³/mol. The fourth-order valence-electron chi connectivity index (χ4n) is 1.84. The highest BCUT2D eigenvalue weighted by Gasteiger charge is 2.44. The fraction of sp³-hybridized carbons (Fsp3) is 0.778. The molecule has 0 fully saturated rings. The van der Waals surface area contributed by atoms with Gasteiger partial charge in [-0.15, -0.1) is 6.58 Å². The first-order chi connectivity index (χ1) is 5.39. The van der Waals surface area contributed by atoms with Gasteiger partial charge < -0.3 is 10.0 Å². The first-order valence-electron chi connectivity index (χ1n) is 4.39. The Bertz CT molecular complexity index is 131. The van der Waals surface area contributed by atoms with Crippen LogP contribution in [-0.4, -0.2) is 17.2 Å². The lowest BCUT2D eigenvalue weighted by Crippen LogP contribution is -2.39. The molecule has 0 amide bonds. The second-order valence-corrected chi connectivity index (χ2v) is 3.89. The Morgan fingerprint density at radius 3 is 1.50 bits per heavy atom. The third-order valence-electron chi connectivity index (χ3n) is 2.80. The van der Waals surface area contributed by atoms with Crippen molar-refractivity contribution in [2.24, 2.45) is 11.8 Å². The van der Waals surface area contributed by atoms with Crippen molar-refractivity contribution in [1.82, 2.24) is 0 Å². The number of hydrogen-bond acceptors (Lipinski definition) is 2. The van der Waals surface area contributed by atoms with Crippen LogP contribution in [0.25, 0.3) is 0 Å². The van der Waals surface area contributed by atoms with Gasteiger partial charge >= 0.3 is 7.12 Å². The lowest BCUT2D eigenvalue weighted by Gasteiger charge is -2.37. The summed E-state index contributed by atoms with van der Waals surface area (Å²) < 4.78 is 0. The number of allylic oxidation sites excluding steroid dienone is 1. The van der Waals surface area contributed by atoms with E-state index in [1.807, 2.05) is 27.7 Å². The molecule has 0 aromatic carbocycles. The molecule has 0 saturated heterocycles. The van der Waals surface area contributed by atoms with E-state index < -0.39 is 12.4 Å². The molecule has 0 unspecified atom stereocenters. The average Bonchev–Trinajstić information content (AvgIpc) is 1.86. The molecule has 2 N–H and O–H groups in total. The lowest BCUT2D eigenvalue weighted by molar-refractivity contribution is 0.269. The van der Waals surface area contributed by atoms with Gasteiger partial charge in [-0.1, -0.05) is 33.8 Å². The smallest absolute Gasteiger partial charge is 0.426 e. The van der Waals surface area contributed by atoms with E-state index in [0.29, 0.717) is 0 Å². The van der Waals surface area contributed by atoms with Crippen LogP contribution in [0.15, 0.2) is 12.7 Å². The first-order valence-corrected chi connectivity index (χ1v) is 4.39. The molecule has 0 spiro atoms. The van der Waals surface area contributed by atoms with Crippen molar-refractivity contribution >= 4 is 7.12 Å². The molecule has 0 aromatic rings. The van der Waals surface area contributed by atoms with Crippen LogP contribution >= 0.6 is 0 Å². The van der Waals surface area contributed by atoms with Crippen molar-refractivity contribution < 1.29 is 10.0 Å². The molecule has 0 rings (SSSR count). The molecule has 0 aromatic heterocycles. The maximum Gasteiger partial charge on any atom is 0.462 e. The molecular formula is C9H19BO2. The molecule has 0 radical (unpaired) electrons. The zero-order chi connectivity index (χ0) is 9.94. The summed E-state index contributed by atoms with van der Waals surface area (Å²) >= 11 is 0. The van der Waals surface area contributed by atoms with E-state index in [-0.39, 0.29) is 11.8 Å². The summed E-state index contributed by atoms with van der Waals surface area (Å²) in [6, 6.07) is 0. The Balaban J connectivity index is 4.89. The van der Waals surface area contributed by atoms with Gasteiger partial charge in [-0.2, -0.15) is 0 Å². The molecule has 0 heterocycles. The summed E-state index contributed by atoms with van der Waals surface area (Å²) in [4.78, 5) is 0. The maximum atomic E-state index is 9.29. The summed E-state index contributed by atoms with van der Waals surface area (Å²) in [5.41, 5.74) is 0. The summed E-state index contributed by atoms with van der Waals surface area (Å²) in [7, 11) is -1.32. The minimum atomic E-state index is -1.32. The Hall–Kier alpha value is -0.275. The summed E-state index contributed by atoms with van der Waals surface area (Å²) in [6.07, 6.45) is 1.66. The highest BCUT2D eigenvalue weighted by Crippen LogP contribution is 2.45. The van der Waals surface area contributed by atoms with E-state index in [0.717, 1.165) is 0 Å². The van der Waals surface area contributed by atoms with Crippen molar-refractivity contribution in [3.05, 3.63) is 12.7 Å². The van der Waals surface area contributed by atoms with E-state index in [1.165, 1.54) is 0 Å². The minimum Gasteiger partial charge on any atom is -0.426 e.